The molecule has 2 aliphatic rings. The van der Waals surface area contributed by atoms with Crippen LogP contribution in [0.3, 0.4) is 0 Å². The predicted molar refractivity (Wildman–Crippen MR) is 120 cm³/mol. The van der Waals surface area contributed by atoms with Gasteiger partial charge in [-0.2, -0.15) is 0 Å². The van der Waals surface area contributed by atoms with E-state index in [9.17, 15) is 12.8 Å². The van der Waals surface area contributed by atoms with Crippen molar-refractivity contribution in [3.05, 3.63) is 24.0 Å². The molecule has 0 spiro atoms. The van der Waals surface area contributed by atoms with Crippen LogP contribution in [0.1, 0.15) is 53.4 Å². The van der Waals surface area contributed by atoms with E-state index in [1.165, 1.54) is 0 Å². The minimum absolute atomic E-state index is 0.0166. The number of hydrogen-bond donors (Lipinski definition) is 2. The molecule has 8 heteroatoms. The van der Waals surface area contributed by atoms with Crippen LogP contribution in [0.15, 0.2) is 18.2 Å². The van der Waals surface area contributed by atoms with E-state index in [0.717, 1.165) is 44.5 Å². The summed E-state index contributed by atoms with van der Waals surface area (Å²) in [7, 11) is -3.22. The number of halogens is 1. The van der Waals surface area contributed by atoms with Crippen LogP contribution < -0.4 is 14.9 Å². The van der Waals surface area contributed by atoms with Crippen molar-refractivity contribution in [3.8, 4) is 0 Å². The summed E-state index contributed by atoms with van der Waals surface area (Å²) in [6, 6.07) is 5.40. The number of morpholine rings is 1. The molecule has 1 aromatic carbocycles. The number of ether oxygens (including phenoxy) is 1. The minimum atomic E-state index is -3.22. The van der Waals surface area contributed by atoms with Gasteiger partial charge in [0.25, 0.3) is 0 Å². The Kier molecular flexibility index (Phi) is 7.63. The molecular weight excluding hydrogens is 405 g/mol. The number of benzene rings is 1. The van der Waals surface area contributed by atoms with Gasteiger partial charge in [0.15, 0.2) is 0 Å². The lowest BCUT2D eigenvalue weighted by Gasteiger charge is -2.37. The Labute approximate surface area is 180 Å². The van der Waals surface area contributed by atoms with Gasteiger partial charge < -0.3 is 15.0 Å². The fraction of sp³-hybridized carbons (Fsp3) is 0.727. The number of nitrogens with one attached hydrogen (secondary N) is 2. The summed E-state index contributed by atoms with van der Waals surface area (Å²) >= 11 is 0. The van der Waals surface area contributed by atoms with Crippen molar-refractivity contribution in [2.24, 2.45) is 5.92 Å². The molecule has 1 saturated heterocycles. The molecule has 170 valence electrons. The molecule has 6 nitrogen and oxygen atoms in total. The first-order chi connectivity index (χ1) is 14.1. The smallest absolute Gasteiger partial charge is 0.214 e. The average molecular weight is 442 g/mol. The molecule has 3 rings (SSSR count). The average Bonchev–Trinajstić information content (AvgIpc) is 2.67. The lowest BCUT2D eigenvalue weighted by atomic mass is 9.86. The summed E-state index contributed by atoms with van der Waals surface area (Å²) in [5.74, 6) is 0.183. The van der Waals surface area contributed by atoms with Crippen molar-refractivity contribution in [2.75, 3.05) is 29.9 Å². The Hall–Kier alpha value is -1.38. The minimum Gasteiger partial charge on any atom is -0.382 e. The molecule has 1 saturated carbocycles. The Bertz CT molecular complexity index is 800. The SMILES string of the molecule is CC(C)S(=O)(=O)NC1CCC(CNc2ccc(N3C[C@@H](C)O[C@@H](C)C3)cc2F)CC1. The molecule has 1 aliphatic heterocycles. The van der Waals surface area contributed by atoms with Gasteiger partial charge in [-0.05, 0) is 77.5 Å². The van der Waals surface area contributed by atoms with Crippen LogP contribution in [-0.2, 0) is 14.8 Å². The predicted octanol–water partition coefficient (Wildman–Crippen LogP) is 3.74. The van der Waals surface area contributed by atoms with Gasteiger partial charge in [-0.25, -0.2) is 17.5 Å². The number of nitrogens with zero attached hydrogens (tertiary/aromatic N) is 1. The second-order valence-corrected chi connectivity index (χ2v) is 11.4. The lowest BCUT2D eigenvalue weighted by Crippen LogP contribution is -2.45. The van der Waals surface area contributed by atoms with Crippen molar-refractivity contribution in [1.29, 1.82) is 0 Å². The Morgan fingerprint density at radius 1 is 1.13 bits per heavy atom. The highest BCUT2D eigenvalue weighted by Gasteiger charge is 2.27. The maximum atomic E-state index is 14.7. The molecule has 0 radical (unpaired) electrons. The van der Waals surface area contributed by atoms with E-state index < -0.39 is 15.3 Å². The maximum absolute atomic E-state index is 14.7. The highest BCUT2D eigenvalue weighted by molar-refractivity contribution is 7.90. The number of hydrogen-bond acceptors (Lipinski definition) is 5. The zero-order chi connectivity index (χ0) is 21.9. The number of anilines is 2. The molecule has 0 aromatic heterocycles. The van der Waals surface area contributed by atoms with Crippen molar-refractivity contribution in [2.45, 2.75) is 76.9 Å². The molecule has 2 fully saturated rings. The van der Waals surface area contributed by atoms with E-state index in [4.69, 9.17) is 4.74 Å². The first kappa shape index (κ1) is 23.3. The summed E-state index contributed by atoms with van der Waals surface area (Å²) in [5, 5.41) is 2.84. The van der Waals surface area contributed by atoms with E-state index in [0.29, 0.717) is 18.2 Å². The molecule has 1 heterocycles. The number of sulfonamides is 1. The molecule has 0 bridgehead atoms. The third kappa shape index (κ3) is 6.08. The summed E-state index contributed by atoms with van der Waals surface area (Å²) in [6.07, 6.45) is 3.79. The fourth-order valence-corrected chi connectivity index (χ4v) is 5.31. The lowest BCUT2D eigenvalue weighted by molar-refractivity contribution is -0.00523. The molecular formula is C22H36FN3O3S. The zero-order valence-corrected chi connectivity index (χ0v) is 19.3. The highest BCUT2D eigenvalue weighted by atomic mass is 32.2. The summed E-state index contributed by atoms with van der Waals surface area (Å²) in [5.41, 5.74) is 1.41. The van der Waals surface area contributed by atoms with Gasteiger partial charge in [-0.1, -0.05) is 0 Å². The van der Waals surface area contributed by atoms with Gasteiger partial charge in [-0.15, -0.1) is 0 Å². The normalized spacial score (nSPS) is 28.0. The van der Waals surface area contributed by atoms with Gasteiger partial charge >= 0.3 is 0 Å². The number of rotatable bonds is 7. The molecule has 0 unspecified atom stereocenters. The van der Waals surface area contributed by atoms with Crippen LogP contribution in [-0.4, -0.2) is 51.6 Å². The van der Waals surface area contributed by atoms with E-state index in [-0.39, 0.29) is 24.1 Å². The van der Waals surface area contributed by atoms with Crippen LogP contribution >= 0.6 is 0 Å². The largest absolute Gasteiger partial charge is 0.382 e. The van der Waals surface area contributed by atoms with Crippen LogP contribution in [0.4, 0.5) is 15.8 Å². The van der Waals surface area contributed by atoms with Crippen molar-refractivity contribution in [1.82, 2.24) is 4.72 Å². The molecule has 1 aromatic rings. The standard InChI is InChI=1S/C22H36FN3O3S/c1-15(2)30(27,28)25-19-7-5-18(6-8-19)12-24-22-10-9-20(11-21(22)23)26-13-16(3)29-17(4)14-26/h9-11,15-19,24-25H,5-8,12-14H2,1-4H3/t16-,17+,18?,19?. The van der Waals surface area contributed by atoms with E-state index >= 15 is 0 Å². The molecule has 30 heavy (non-hydrogen) atoms. The van der Waals surface area contributed by atoms with E-state index in [1.807, 2.05) is 26.0 Å². The Balaban J connectivity index is 1.49. The summed E-state index contributed by atoms with van der Waals surface area (Å²) < 4.78 is 47.3. The summed E-state index contributed by atoms with van der Waals surface area (Å²) in [6.45, 7) is 9.69. The highest BCUT2D eigenvalue weighted by Crippen LogP contribution is 2.28. The monoisotopic (exact) mass is 441 g/mol. The van der Waals surface area contributed by atoms with Crippen LogP contribution in [0.25, 0.3) is 0 Å². The van der Waals surface area contributed by atoms with Gasteiger partial charge in [-0.3, -0.25) is 0 Å². The second-order valence-electron chi connectivity index (χ2n) is 9.14. The van der Waals surface area contributed by atoms with Gasteiger partial charge in [0.1, 0.15) is 5.82 Å². The maximum Gasteiger partial charge on any atom is 0.214 e. The van der Waals surface area contributed by atoms with Crippen LogP contribution in [0.5, 0.6) is 0 Å². The fourth-order valence-electron chi connectivity index (χ4n) is 4.34. The van der Waals surface area contributed by atoms with Gasteiger partial charge in [0.05, 0.1) is 23.1 Å². The molecule has 2 N–H and O–H groups in total. The molecule has 1 aliphatic carbocycles. The van der Waals surface area contributed by atoms with Crippen LogP contribution in [0, 0.1) is 11.7 Å². The van der Waals surface area contributed by atoms with Crippen molar-refractivity contribution in [3.63, 3.8) is 0 Å². The quantitative estimate of drug-likeness (QED) is 0.675. The zero-order valence-electron chi connectivity index (χ0n) is 18.5. The third-order valence-corrected chi connectivity index (χ3v) is 8.02. The topological polar surface area (TPSA) is 70.7 Å². The Morgan fingerprint density at radius 3 is 2.33 bits per heavy atom. The van der Waals surface area contributed by atoms with Crippen LogP contribution in [0.2, 0.25) is 0 Å². The molecule has 0 amide bonds. The third-order valence-electron chi connectivity index (χ3n) is 6.12. The van der Waals surface area contributed by atoms with Gasteiger partial charge in [0, 0.05) is 31.4 Å². The van der Waals surface area contributed by atoms with Crippen molar-refractivity contribution >= 4 is 21.4 Å². The second kappa shape index (κ2) is 9.83. The first-order valence-corrected chi connectivity index (χ1v) is 12.6. The van der Waals surface area contributed by atoms with E-state index in [2.05, 4.69) is 14.9 Å². The Morgan fingerprint density at radius 2 is 1.77 bits per heavy atom. The van der Waals surface area contributed by atoms with Crippen molar-refractivity contribution < 1.29 is 17.5 Å². The summed E-state index contributed by atoms with van der Waals surface area (Å²) in [4.78, 5) is 2.17. The van der Waals surface area contributed by atoms with E-state index in [1.54, 1.807) is 19.9 Å². The first-order valence-electron chi connectivity index (χ1n) is 11.1. The molecule has 2 atom stereocenters. The van der Waals surface area contributed by atoms with Gasteiger partial charge in [0.2, 0.25) is 10.0 Å².